The third kappa shape index (κ3) is 2.74. The van der Waals surface area contributed by atoms with E-state index in [9.17, 15) is 4.79 Å². The topological polar surface area (TPSA) is 20.3 Å². The first-order valence-corrected chi connectivity index (χ1v) is 9.83. The van der Waals surface area contributed by atoms with Gasteiger partial charge in [-0.25, -0.2) is 0 Å². The van der Waals surface area contributed by atoms with Gasteiger partial charge < -0.3 is 9.38 Å². The van der Waals surface area contributed by atoms with E-state index >= 15 is 0 Å². The molecule has 3 nitrogen and oxygen atoms in total. The number of quaternary nitrogens is 1. The minimum atomic E-state index is 0.0285. The number of hydrogen-bond acceptors (Lipinski definition) is 1. The van der Waals surface area contributed by atoms with Crippen molar-refractivity contribution in [2.45, 2.75) is 32.2 Å². The van der Waals surface area contributed by atoms with Crippen LogP contribution in [0.25, 0.3) is 0 Å². The van der Waals surface area contributed by atoms with Gasteiger partial charge in [-0.15, -0.1) is 0 Å². The third-order valence-electron chi connectivity index (χ3n) is 6.33. The van der Waals surface area contributed by atoms with Crippen LogP contribution >= 0.6 is 11.6 Å². The number of piperidine rings is 1. The van der Waals surface area contributed by atoms with E-state index in [0.29, 0.717) is 16.5 Å². The number of rotatable bonds is 2. The van der Waals surface area contributed by atoms with Gasteiger partial charge in [0, 0.05) is 12.1 Å². The lowest BCUT2D eigenvalue weighted by Crippen LogP contribution is -2.56. The number of anilines is 1. The van der Waals surface area contributed by atoms with E-state index < -0.39 is 0 Å². The van der Waals surface area contributed by atoms with Crippen LogP contribution in [0, 0.1) is 6.92 Å². The van der Waals surface area contributed by atoms with Crippen LogP contribution in [0.3, 0.4) is 0 Å². The summed E-state index contributed by atoms with van der Waals surface area (Å²) < 4.78 is 1.07. The van der Waals surface area contributed by atoms with Gasteiger partial charge in [0.1, 0.15) is 0 Å². The Bertz CT molecular complexity index is 865. The largest absolute Gasteiger partial charge is 0.326 e. The van der Waals surface area contributed by atoms with Crippen LogP contribution in [-0.2, 0) is 0 Å². The number of nitrogens with zero attached hydrogens (tertiary/aromatic N) is 2. The fourth-order valence-electron chi connectivity index (χ4n) is 4.63. The molecule has 1 amide bonds. The zero-order valence-electron chi connectivity index (χ0n) is 15.7. The molecular weight excluding hydrogens is 344 g/mol. The highest BCUT2D eigenvalue weighted by molar-refractivity contribution is 6.34. The van der Waals surface area contributed by atoms with Gasteiger partial charge in [0.25, 0.3) is 5.91 Å². The van der Waals surface area contributed by atoms with Crippen LogP contribution in [0.4, 0.5) is 5.69 Å². The lowest BCUT2D eigenvalue weighted by atomic mass is 9.87. The molecule has 1 fully saturated rings. The van der Waals surface area contributed by atoms with Gasteiger partial charge in [-0.3, -0.25) is 4.79 Å². The molecule has 0 radical (unpaired) electrons. The third-order valence-corrected chi connectivity index (χ3v) is 6.66. The smallest absolute Gasteiger partial charge is 0.260 e. The van der Waals surface area contributed by atoms with Gasteiger partial charge >= 0.3 is 0 Å². The molecule has 0 saturated carbocycles. The number of hydrogen-bond donors (Lipinski definition) is 0. The molecule has 0 N–H and O–H groups in total. The highest BCUT2D eigenvalue weighted by Crippen LogP contribution is 2.47. The molecule has 0 aromatic heterocycles. The maximum absolute atomic E-state index is 13.4. The van der Waals surface area contributed by atoms with Crippen LogP contribution in [0.15, 0.2) is 42.5 Å². The number of fused-ring (bicyclic) bond motifs is 3. The Labute approximate surface area is 160 Å². The molecule has 4 heteroatoms. The van der Waals surface area contributed by atoms with E-state index in [1.54, 1.807) is 6.07 Å². The van der Waals surface area contributed by atoms with Gasteiger partial charge in [0.15, 0.2) is 0 Å². The second-order valence-corrected chi connectivity index (χ2v) is 8.43. The van der Waals surface area contributed by atoms with Crippen molar-refractivity contribution in [3.63, 3.8) is 0 Å². The molecule has 2 aromatic carbocycles. The summed E-state index contributed by atoms with van der Waals surface area (Å²) in [7, 11) is 2.34. The van der Waals surface area contributed by atoms with Crippen molar-refractivity contribution >= 4 is 23.2 Å². The Balaban J connectivity index is 1.79. The van der Waals surface area contributed by atoms with Gasteiger partial charge in [-0.05, 0) is 37.6 Å². The molecule has 3 atom stereocenters. The molecule has 136 valence electrons. The second-order valence-electron chi connectivity index (χ2n) is 8.02. The van der Waals surface area contributed by atoms with Crippen molar-refractivity contribution in [2.24, 2.45) is 0 Å². The molecule has 2 heterocycles. The monoisotopic (exact) mass is 369 g/mol. The molecule has 0 aliphatic carbocycles. The van der Waals surface area contributed by atoms with Gasteiger partial charge in [0.2, 0.25) is 0 Å². The van der Waals surface area contributed by atoms with Gasteiger partial charge in [-0.2, -0.15) is 0 Å². The van der Waals surface area contributed by atoms with E-state index in [-0.39, 0.29) is 11.9 Å². The summed E-state index contributed by atoms with van der Waals surface area (Å²) >= 11 is 6.34. The quantitative estimate of drug-likeness (QED) is 0.706. The normalized spacial score (nSPS) is 27.2. The molecule has 26 heavy (non-hydrogen) atoms. The lowest BCUT2D eigenvalue weighted by Gasteiger charge is -2.43. The standard InChI is InChI=1S/C22H26ClN2O/c1-4-25(3)12-11-21-18(14-25)17-13-15(2)9-10-20(17)24(21)22(26)16-7-5-6-8-19(16)23/h5-10,13,18,21H,4,11-12,14H2,1-3H3/q+1/t18-,21+,25?/m0/s1. The van der Waals surface area contributed by atoms with Crippen molar-refractivity contribution in [2.75, 3.05) is 31.6 Å². The number of benzene rings is 2. The summed E-state index contributed by atoms with van der Waals surface area (Å²) in [5.74, 6) is 0.427. The number of amides is 1. The number of likely N-dealkylation sites (tertiary alicyclic amines) is 1. The van der Waals surface area contributed by atoms with Crippen molar-refractivity contribution in [1.29, 1.82) is 0 Å². The predicted octanol–water partition coefficient (Wildman–Crippen LogP) is 4.63. The van der Waals surface area contributed by atoms with Gasteiger partial charge in [-0.1, -0.05) is 41.4 Å². The number of aryl methyl sites for hydroxylation is 1. The van der Waals surface area contributed by atoms with Gasteiger partial charge in [0.05, 0.1) is 49.2 Å². The predicted molar refractivity (Wildman–Crippen MR) is 107 cm³/mol. The summed E-state index contributed by atoms with van der Waals surface area (Å²) in [6.07, 6.45) is 1.03. The number of carbonyl (C=O) groups is 1. The molecule has 4 rings (SSSR count). The van der Waals surface area contributed by atoms with Crippen LogP contribution in [0.5, 0.6) is 0 Å². The number of carbonyl (C=O) groups excluding carboxylic acids is 1. The number of halogens is 1. The minimum Gasteiger partial charge on any atom is -0.326 e. The zero-order chi connectivity index (χ0) is 18.5. The fourth-order valence-corrected chi connectivity index (χ4v) is 4.84. The summed E-state index contributed by atoms with van der Waals surface area (Å²) in [6.45, 7) is 7.72. The molecular formula is C22H26ClN2O+. The first-order chi connectivity index (χ1) is 12.4. The van der Waals surface area contributed by atoms with E-state index in [4.69, 9.17) is 11.6 Å². The lowest BCUT2D eigenvalue weighted by molar-refractivity contribution is -0.913. The minimum absolute atomic E-state index is 0.0285. The Morgan fingerprint density at radius 1 is 1.27 bits per heavy atom. The van der Waals surface area contributed by atoms with E-state index in [2.05, 4.69) is 39.1 Å². The average Bonchev–Trinajstić information content (AvgIpc) is 2.94. The summed E-state index contributed by atoms with van der Waals surface area (Å²) in [5, 5.41) is 0.527. The molecule has 2 aliphatic rings. The molecule has 2 aromatic rings. The molecule has 1 saturated heterocycles. The van der Waals surface area contributed by atoms with Crippen molar-refractivity contribution < 1.29 is 9.28 Å². The first-order valence-electron chi connectivity index (χ1n) is 9.46. The van der Waals surface area contributed by atoms with Crippen molar-refractivity contribution in [3.8, 4) is 0 Å². The summed E-state index contributed by atoms with van der Waals surface area (Å²) in [6, 6.07) is 14.1. The van der Waals surface area contributed by atoms with Crippen LogP contribution in [0.1, 0.15) is 40.7 Å². The summed E-state index contributed by atoms with van der Waals surface area (Å²) in [4.78, 5) is 15.5. The van der Waals surface area contributed by atoms with Crippen LogP contribution in [-0.4, -0.2) is 43.1 Å². The summed E-state index contributed by atoms with van der Waals surface area (Å²) in [5.41, 5.74) is 4.25. The second kappa shape index (κ2) is 6.40. The zero-order valence-corrected chi connectivity index (χ0v) is 16.5. The molecule has 1 unspecified atom stereocenters. The highest BCUT2D eigenvalue weighted by atomic mass is 35.5. The average molecular weight is 370 g/mol. The van der Waals surface area contributed by atoms with Crippen molar-refractivity contribution in [1.82, 2.24) is 0 Å². The maximum atomic E-state index is 13.4. The number of likely N-dealkylation sites (N-methyl/N-ethyl adjacent to an activating group) is 1. The molecule has 0 spiro atoms. The van der Waals surface area contributed by atoms with E-state index in [0.717, 1.165) is 36.2 Å². The van der Waals surface area contributed by atoms with E-state index in [1.807, 2.05) is 23.1 Å². The Morgan fingerprint density at radius 2 is 2.04 bits per heavy atom. The molecule has 0 bridgehead atoms. The Kier molecular flexibility index (Phi) is 4.32. The van der Waals surface area contributed by atoms with Crippen LogP contribution < -0.4 is 4.90 Å². The molecule has 2 aliphatic heterocycles. The van der Waals surface area contributed by atoms with Crippen LogP contribution in [0.2, 0.25) is 5.02 Å². The fraction of sp³-hybridized carbons (Fsp3) is 0.409. The highest BCUT2D eigenvalue weighted by Gasteiger charge is 2.48. The Morgan fingerprint density at radius 3 is 2.77 bits per heavy atom. The maximum Gasteiger partial charge on any atom is 0.260 e. The Hall–Kier alpha value is -1.84. The SMILES string of the molecule is CC[N+]1(C)CC[C@@H]2[C@@H](C1)c1cc(C)ccc1N2C(=O)c1ccccc1Cl. The first kappa shape index (κ1) is 17.6. The van der Waals surface area contributed by atoms with E-state index in [1.165, 1.54) is 11.1 Å². The van der Waals surface area contributed by atoms with Crippen molar-refractivity contribution in [3.05, 3.63) is 64.2 Å².